The molecule has 0 amide bonds. The Morgan fingerprint density at radius 3 is 2.84 bits per heavy atom. The summed E-state index contributed by atoms with van der Waals surface area (Å²) in [6.07, 6.45) is 7.40. The maximum absolute atomic E-state index is 5.50. The first-order valence-corrected chi connectivity index (χ1v) is 6.53. The lowest BCUT2D eigenvalue weighted by Gasteiger charge is -2.16. The standard InChI is InChI=1S/C14H20N4O/c1-4-16-14(13-9-18(3)10-17-13)11-6-12(19-5-2)8-15-7-11/h6-10,14,16H,4-5H2,1-3H3. The van der Waals surface area contributed by atoms with Gasteiger partial charge < -0.3 is 14.6 Å². The Hall–Kier alpha value is -1.88. The number of hydrogen-bond acceptors (Lipinski definition) is 4. The predicted octanol–water partition coefficient (Wildman–Crippen LogP) is 1.91. The third-order valence-corrected chi connectivity index (χ3v) is 2.81. The van der Waals surface area contributed by atoms with Gasteiger partial charge in [0.25, 0.3) is 0 Å². The van der Waals surface area contributed by atoms with Gasteiger partial charge >= 0.3 is 0 Å². The Bertz CT molecular complexity index is 524. The molecule has 0 spiro atoms. The van der Waals surface area contributed by atoms with Crippen LogP contribution in [0.5, 0.6) is 5.75 Å². The summed E-state index contributed by atoms with van der Waals surface area (Å²) in [6, 6.07) is 2.05. The molecule has 1 unspecified atom stereocenters. The molecule has 19 heavy (non-hydrogen) atoms. The molecule has 102 valence electrons. The first-order chi connectivity index (χ1) is 9.24. The molecular weight excluding hydrogens is 240 g/mol. The SMILES string of the molecule is CCNC(c1cncc(OCC)c1)c1cn(C)cn1. The monoisotopic (exact) mass is 260 g/mol. The van der Waals surface area contributed by atoms with Gasteiger partial charge in [-0.15, -0.1) is 0 Å². The van der Waals surface area contributed by atoms with Crippen molar-refractivity contribution in [2.45, 2.75) is 19.9 Å². The number of hydrogen-bond donors (Lipinski definition) is 1. The summed E-state index contributed by atoms with van der Waals surface area (Å²) in [7, 11) is 1.97. The molecule has 2 aromatic heterocycles. The fourth-order valence-corrected chi connectivity index (χ4v) is 2.02. The number of ether oxygens (including phenoxy) is 1. The Balaban J connectivity index is 2.30. The molecule has 0 saturated carbocycles. The molecule has 0 fully saturated rings. The van der Waals surface area contributed by atoms with Crippen molar-refractivity contribution in [1.29, 1.82) is 0 Å². The minimum atomic E-state index is 0.0408. The van der Waals surface area contributed by atoms with E-state index in [0.29, 0.717) is 6.61 Å². The van der Waals surface area contributed by atoms with E-state index in [2.05, 4.69) is 22.2 Å². The molecule has 0 aliphatic carbocycles. The lowest BCUT2D eigenvalue weighted by atomic mass is 10.1. The summed E-state index contributed by atoms with van der Waals surface area (Å²) in [5.41, 5.74) is 2.05. The van der Waals surface area contributed by atoms with Crippen LogP contribution >= 0.6 is 0 Å². The van der Waals surface area contributed by atoms with E-state index in [0.717, 1.165) is 23.6 Å². The average Bonchev–Trinajstić information content (AvgIpc) is 2.83. The second-order valence-corrected chi connectivity index (χ2v) is 4.34. The summed E-state index contributed by atoms with van der Waals surface area (Å²) >= 11 is 0. The Morgan fingerprint density at radius 1 is 1.37 bits per heavy atom. The van der Waals surface area contributed by atoms with E-state index in [-0.39, 0.29) is 6.04 Å². The highest BCUT2D eigenvalue weighted by atomic mass is 16.5. The Morgan fingerprint density at radius 2 is 2.21 bits per heavy atom. The predicted molar refractivity (Wildman–Crippen MR) is 74.1 cm³/mol. The van der Waals surface area contributed by atoms with E-state index >= 15 is 0 Å². The zero-order valence-corrected chi connectivity index (χ0v) is 11.6. The largest absolute Gasteiger partial charge is 0.492 e. The summed E-state index contributed by atoms with van der Waals surface area (Å²) < 4.78 is 7.44. The molecule has 0 bridgehead atoms. The van der Waals surface area contributed by atoms with Crippen molar-refractivity contribution < 1.29 is 4.74 Å². The van der Waals surface area contributed by atoms with Crippen LogP contribution in [0.2, 0.25) is 0 Å². The Kier molecular flexibility index (Phi) is 4.52. The van der Waals surface area contributed by atoms with Crippen molar-refractivity contribution in [3.63, 3.8) is 0 Å². The first kappa shape index (κ1) is 13.5. The number of nitrogens with one attached hydrogen (secondary N) is 1. The number of pyridine rings is 1. The van der Waals surface area contributed by atoms with Crippen LogP contribution in [-0.4, -0.2) is 27.7 Å². The van der Waals surface area contributed by atoms with Gasteiger partial charge in [-0.05, 0) is 25.1 Å². The topological polar surface area (TPSA) is 52.0 Å². The van der Waals surface area contributed by atoms with Gasteiger partial charge in [-0.25, -0.2) is 4.98 Å². The zero-order valence-electron chi connectivity index (χ0n) is 11.6. The van der Waals surface area contributed by atoms with Gasteiger partial charge in [-0.2, -0.15) is 0 Å². The lowest BCUT2D eigenvalue weighted by molar-refractivity contribution is 0.338. The second-order valence-electron chi connectivity index (χ2n) is 4.34. The van der Waals surface area contributed by atoms with E-state index < -0.39 is 0 Å². The molecule has 0 aromatic carbocycles. The van der Waals surface area contributed by atoms with Crippen LogP contribution < -0.4 is 10.1 Å². The molecule has 5 heteroatoms. The minimum absolute atomic E-state index is 0.0408. The van der Waals surface area contributed by atoms with Gasteiger partial charge in [0.2, 0.25) is 0 Å². The van der Waals surface area contributed by atoms with Crippen LogP contribution in [0.25, 0.3) is 0 Å². The highest BCUT2D eigenvalue weighted by Gasteiger charge is 2.16. The molecule has 1 N–H and O–H groups in total. The van der Waals surface area contributed by atoms with Crippen molar-refractivity contribution in [3.05, 3.63) is 42.2 Å². The van der Waals surface area contributed by atoms with E-state index in [1.165, 1.54) is 0 Å². The van der Waals surface area contributed by atoms with E-state index in [1.54, 1.807) is 12.5 Å². The van der Waals surface area contributed by atoms with E-state index in [4.69, 9.17) is 4.74 Å². The number of imidazole rings is 1. The van der Waals surface area contributed by atoms with Crippen LogP contribution in [0.15, 0.2) is 31.0 Å². The quantitative estimate of drug-likeness (QED) is 0.862. The maximum Gasteiger partial charge on any atom is 0.137 e. The van der Waals surface area contributed by atoms with Crippen LogP contribution in [0.1, 0.15) is 31.1 Å². The van der Waals surface area contributed by atoms with Crippen LogP contribution in [0, 0.1) is 0 Å². The smallest absolute Gasteiger partial charge is 0.137 e. The van der Waals surface area contributed by atoms with Crippen molar-refractivity contribution >= 4 is 0 Å². The van der Waals surface area contributed by atoms with Crippen LogP contribution in [0.3, 0.4) is 0 Å². The van der Waals surface area contributed by atoms with Gasteiger partial charge in [0.05, 0.1) is 30.9 Å². The van der Waals surface area contributed by atoms with Gasteiger partial charge in [0.15, 0.2) is 0 Å². The third kappa shape index (κ3) is 3.32. The number of rotatable bonds is 6. The lowest BCUT2D eigenvalue weighted by Crippen LogP contribution is -2.22. The van der Waals surface area contributed by atoms with Gasteiger partial charge in [-0.3, -0.25) is 4.98 Å². The molecule has 0 aliphatic heterocycles. The number of nitrogens with zero attached hydrogens (tertiary/aromatic N) is 3. The minimum Gasteiger partial charge on any atom is -0.492 e. The molecule has 1 atom stereocenters. The van der Waals surface area contributed by atoms with E-state index in [1.807, 2.05) is 37.0 Å². The molecule has 2 rings (SSSR count). The third-order valence-electron chi connectivity index (χ3n) is 2.81. The van der Waals surface area contributed by atoms with E-state index in [9.17, 15) is 0 Å². The summed E-state index contributed by atoms with van der Waals surface area (Å²) in [5, 5.41) is 3.43. The maximum atomic E-state index is 5.50. The van der Waals surface area contributed by atoms with Crippen molar-refractivity contribution in [3.8, 4) is 5.75 Å². The first-order valence-electron chi connectivity index (χ1n) is 6.53. The van der Waals surface area contributed by atoms with Gasteiger partial charge in [-0.1, -0.05) is 6.92 Å². The van der Waals surface area contributed by atoms with Crippen LogP contribution in [-0.2, 0) is 7.05 Å². The molecule has 0 saturated heterocycles. The number of aromatic nitrogens is 3. The van der Waals surface area contributed by atoms with Crippen molar-refractivity contribution in [1.82, 2.24) is 19.9 Å². The molecule has 0 aliphatic rings. The fourth-order valence-electron chi connectivity index (χ4n) is 2.02. The van der Waals surface area contributed by atoms with Crippen molar-refractivity contribution in [2.75, 3.05) is 13.2 Å². The molecule has 2 heterocycles. The molecule has 5 nitrogen and oxygen atoms in total. The highest BCUT2D eigenvalue weighted by Crippen LogP contribution is 2.23. The fraction of sp³-hybridized carbons (Fsp3) is 0.429. The molecular formula is C14H20N4O. The second kappa shape index (κ2) is 6.33. The van der Waals surface area contributed by atoms with Gasteiger partial charge in [0.1, 0.15) is 5.75 Å². The van der Waals surface area contributed by atoms with Crippen molar-refractivity contribution in [2.24, 2.45) is 7.05 Å². The molecule has 2 aromatic rings. The average molecular weight is 260 g/mol. The van der Waals surface area contributed by atoms with Gasteiger partial charge in [0, 0.05) is 19.4 Å². The highest BCUT2D eigenvalue weighted by molar-refractivity contribution is 5.30. The molecule has 0 radical (unpaired) electrons. The summed E-state index contributed by atoms with van der Waals surface area (Å²) in [5.74, 6) is 0.791. The zero-order chi connectivity index (χ0) is 13.7. The summed E-state index contributed by atoms with van der Waals surface area (Å²) in [6.45, 7) is 5.55. The Labute approximate surface area is 113 Å². The number of aryl methyl sites for hydroxylation is 1. The normalized spacial score (nSPS) is 12.4. The summed E-state index contributed by atoms with van der Waals surface area (Å²) in [4.78, 5) is 8.66. The van der Waals surface area contributed by atoms with Crippen LogP contribution in [0.4, 0.5) is 0 Å².